The molecule has 6 nitrogen and oxygen atoms in total. The molecule has 1 N–H and O–H groups in total. The summed E-state index contributed by atoms with van der Waals surface area (Å²) in [6.45, 7) is 14.6. The van der Waals surface area contributed by atoms with E-state index in [2.05, 4.69) is 11.9 Å². The fourth-order valence-corrected chi connectivity index (χ4v) is 7.83. The van der Waals surface area contributed by atoms with Crippen LogP contribution in [0.15, 0.2) is 30.9 Å². The van der Waals surface area contributed by atoms with Crippen molar-refractivity contribution in [2.75, 3.05) is 18.5 Å². The number of rotatable bonds is 5. The van der Waals surface area contributed by atoms with Crippen molar-refractivity contribution in [1.82, 2.24) is 0 Å². The summed E-state index contributed by atoms with van der Waals surface area (Å²) in [5.41, 5.74) is 2.01. The molecule has 2 aliphatic heterocycles. The maximum atomic E-state index is 13.9. The number of hydrogen-bond donors (Lipinski definition) is 1. The summed E-state index contributed by atoms with van der Waals surface area (Å²) in [5, 5.41) is 1.41. The van der Waals surface area contributed by atoms with Crippen LogP contribution in [0.2, 0.25) is 19.6 Å². The molecule has 0 aromatic heterocycles. The molecular weight excluding hydrogens is 381 g/mol. The van der Waals surface area contributed by atoms with Gasteiger partial charge in [-0.3, -0.25) is 9.36 Å². The second-order valence-corrected chi connectivity index (χ2v) is 15.5. The summed E-state index contributed by atoms with van der Waals surface area (Å²) in [7, 11) is -5.89. The molecule has 1 aromatic rings. The predicted octanol–water partition coefficient (Wildman–Crippen LogP) is 4.64. The average Bonchev–Trinajstić information content (AvgIpc) is 2.94. The van der Waals surface area contributed by atoms with Gasteiger partial charge in [-0.1, -0.05) is 26.5 Å². The highest BCUT2D eigenvalue weighted by Gasteiger charge is 2.56. The van der Waals surface area contributed by atoms with Crippen LogP contribution in [-0.4, -0.2) is 27.4 Å². The van der Waals surface area contributed by atoms with Crippen molar-refractivity contribution < 1.29 is 22.8 Å². The summed E-state index contributed by atoms with van der Waals surface area (Å²) in [4.78, 5) is 11.7. The first-order valence-corrected chi connectivity index (χ1v) is 14.0. The van der Waals surface area contributed by atoms with Crippen LogP contribution in [0.1, 0.15) is 25.0 Å². The topological polar surface area (TPSA) is 73.9 Å². The third kappa shape index (κ3) is 3.84. The van der Waals surface area contributed by atoms with E-state index in [4.69, 9.17) is 13.5 Å². The van der Waals surface area contributed by atoms with Crippen molar-refractivity contribution in [1.29, 1.82) is 0 Å². The van der Waals surface area contributed by atoms with E-state index < -0.39 is 21.3 Å². The third-order valence-electron chi connectivity index (χ3n) is 4.54. The average molecular weight is 409 g/mol. The van der Waals surface area contributed by atoms with Crippen molar-refractivity contribution in [2.45, 2.75) is 45.3 Å². The van der Waals surface area contributed by atoms with Gasteiger partial charge in [0.15, 0.2) is 8.32 Å². The van der Waals surface area contributed by atoms with E-state index in [1.165, 1.54) is 6.08 Å². The molecule has 0 aliphatic carbocycles. The number of hydrogen-bond acceptors (Lipinski definition) is 5. The first kappa shape index (κ1) is 20.5. The number of nitrogens with one attached hydrogen (secondary N) is 1. The highest BCUT2D eigenvalue weighted by molar-refractivity contribution is 7.55. The van der Waals surface area contributed by atoms with E-state index >= 15 is 0 Å². The zero-order valence-electron chi connectivity index (χ0n) is 16.6. The molecule has 3 rings (SSSR count). The monoisotopic (exact) mass is 409 g/mol. The molecule has 0 bridgehead atoms. The van der Waals surface area contributed by atoms with Gasteiger partial charge < -0.3 is 18.8 Å². The van der Waals surface area contributed by atoms with Gasteiger partial charge in [0, 0.05) is 11.1 Å². The van der Waals surface area contributed by atoms with Crippen LogP contribution in [0.3, 0.4) is 0 Å². The van der Waals surface area contributed by atoms with Crippen LogP contribution in [-0.2, 0) is 34.6 Å². The van der Waals surface area contributed by atoms with Crippen molar-refractivity contribution in [3.8, 4) is 0 Å². The third-order valence-corrected chi connectivity index (χ3v) is 7.93. The maximum Gasteiger partial charge on any atom is 0.369 e. The molecule has 1 unspecified atom stereocenters. The largest absolute Gasteiger partial charge is 0.395 e. The predicted molar refractivity (Wildman–Crippen MR) is 108 cm³/mol. The Hall–Kier alpha value is -1.24. The molecule has 2 aliphatic rings. The maximum absolute atomic E-state index is 13.9. The molecule has 8 heteroatoms. The molecule has 0 spiro atoms. The number of benzene rings is 1. The summed E-state index contributed by atoms with van der Waals surface area (Å²) < 4.78 is 32.1. The molecule has 1 amide bonds. The Balaban J connectivity index is 2.12. The van der Waals surface area contributed by atoms with Crippen LogP contribution in [0.5, 0.6) is 0 Å². The lowest BCUT2D eigenvalue weighted by molar-refractivity contribution is -0.115. The van der Waals surface area contributed by atoms with Crippen LogP contribution < -0.4 is 5.32 Å². The first-order valence-electron chi connectivity index (χ1n) is 9.06. The highest BCUT2D eigenvalue weighted by Crippen LogP contribution is 2.69. The minimum Gasteiger partial charge on any atom is -0.395 e. The lowest BCUT2D eigenvalue weighted by atomic mass is 9.97. The zero-order valence-corrected chi connectivity index (χ0v) is 18.5. The highest BCUT2D eigenvalue weighted by atomic mass is 31.2. The fraction of sp³-hybridized carbons (Fsp3) is 0.526. The van der Waals surface area contributed by atoms with Gasteiger partial charge in [0.25, 0.3) is 0 Å². The normalized spacial score (nSPS) is 23.2. The van der Waals surface area contributed by atoms with E-state index in [0.717, 1.165) is 11.3 Å². The van der Waals surface area contributed by atoms with Crippen LogP contribution in [0.25, 0.3) is 0 Å². The van der Waals surface area contributed by atoms with Gasteiger partial charge in [-0.2, -0.15) is 0 Å². The Labute approximate surface area is 161 Å². The lowest BCUT2D eigenvalue weighted by Gasteiger charge is -2.45. The molecule has 1 fully saturated rings. The molecule has 0 radical (unpaired) electrons. The lowest BCUT2D eigenvalue weighted by Crippen LogP contribution is -2.43. The molecule has 1 atom stereocenters. The van der Waals surface area contributed by atoms with Gasteiger partial charge in [0.2, 0.25) is 11.2 Å². The summed E-state index contributed by atoms with van der Waals surface area (Å²) in [5.74, 6) is -0.0592. The summed E-state index contributed by atoms with van der Waals surface area (Å²) in [6, 6.07) is 5.46. The standard InChI is InChI=1S/C19H28NO5PSi/c1-7-19(25-27(4,5)6,26(22)23-12-18(2,3)13-24-26)15-8-9-16-14(10-15)11-17(21)20-16/h7-10H,1,11-13H2,2-6H3,(H,20,21). The Bertz CT molecular complexity index is 818. The van der Waals surface area contributed by atoms with Gasteiger partial charge in [-0.25, -0.2) is 0 Å². The van der Waals surface area contributed by atoms with E-state index in [-0.39, 0.29) is 17.7 Å². The van der Waals surface area contributed by atoms with Crippen LogP contribution >= 0.6 is 7.60 Å². The Kier molecular flexibility index (Phi) is 5.06. The van der Waals surface area contributed by atoms with Gasteiger partial charge in [-0.05, 0) is 49.0 Å². The van der Waals surface area contributed by atoms with Crippen molar-refractivity contribution in [2.24, 2.45) is 5.41 Å². The van der Waals surface area contributed by atoms with Gasteiger partial charge >= 0.3 is 7.60 Å². The van der Waals surface area contributed by atoms with E-state index in [1.807, 2.05) is 39.6 Å². The number of carbonyl (C=O) groups is 1. The Morgan fingerprint density at radius 2 is 1.93 bits per heavy atom. The first-order chi connectivity index (χ1) is 12.4. The number of fused-ring (bicyclic) bond motifs is 1. The van der Waals surface area contributed by atoms with Crippen LogP contribution in [0.4, 0.5) is 5.69 Å². The summed E-state index contributed by atoms with van der Waals surface area (Å²) >= 11 is 0. The Morgan fingerprint density at radius 3 is 2.48 bits per heavy atom. The number of carbonyl (C=O) groups excluding carboxylic acids is 1. The molecule has 0 saturated carbocycles. The number of anilines is 1. The van der Waals surface area contributed by atoms with Gasteiger partial charge in [0.05, 0.1) is 19.6 Å². The number of amides is 1. The SMILES string of the molecule is C=CC(O[Si](C)(C)C)(c1ccc2c(c1)CC(=O)N2)P1(=O)OCC(C)(C)CO1. The Morgan fingerprint density at radius 1 is 1.30 bits per heavy atom. The summed E-state index contributed by atoms with van der Waals surface area (Å²) in [6.07, 6.45) is 1.82. The van der Waals surface area contributed by atoms with E-state index in [9.17, 15) is 9.36 Å². The van der Waals surface area contributed by atoms with Crippen molar-refractivity contribution >= 4 is 27.5 Å². The quantitative estimate of drug-likeness (QED) is 0.436. The smallest absolute Gasteiger partial charge is 0.369 e. The van der Waals surface area contributed by atoms with Gasteiger partial charge in [-0.15, -0.1) is 0 Å². The van der Waals surface area contributed by atoms with Crippen molar-refractivity contribution in [3.63, 3.8) is 0 Å². The molecule has 1 saturated heterocycles. The molecule has 148 valence electrons. The minimum absolute atomic E-state index is 0.0592. The molecular formula is C19H28NO5PSi. The second-order valence-electron chi connectivity index (χ2n) is 8.92. The van der Waals surface area contributed by atoms with Crippen molar-refractivity contribution in [3.05, 3.63) is 42.0 Å². The van der Waals surface area contributed by atoms with Crippen LogP contribution in [0, 0.1) is 5.41 Å². The van der Waals surface area contributed by atoms with E-state index in [1.54, 1.807) is 12.1 Å². The van der Waals surface area contributed by atoms with E-state index in [0.29, 0.717) is 18.8 Å². The zero-order chi connectivity index (χ0) is 20.1. The molecule has 1 aromatic carbocycles. The fourth-order valence-electron chi connectivity index (χ4n) is 3.25. The minimum atomic E-state index is -3.70. The van der Waals surface area contributed by atoms with Gasteiger partial charge in [0.1, 0.15) is 0 Å². The molecule has 2 heterocycles. The second kappa shape index (κ2) is 6.67. The molecule has 27 heavy (non-hydrogen) atoms.